The molecule has 0 heterocycles. The van der Waals surface area contributed by atoms with Crippen LogP contribution in [0.5, 0.6) is 0 Å². The zero-order valence-corrected chi connectivity index (χ0v) is 13.3. The molecule has 4 nitrogen and oxygen atoms in total. The van der Waals surface area contributed by atoms with Gasteiger partial charge in [-0.15, -0.1) is 0 Å². The number of sulfonamides is 1. The number of anilines is 1. The van der Waals surface area contributed by atoms with E-state index >= 15 is 0 Å². The molecule has 0 atom stereocenters. The van der Waals surface area contributed by atoms with Crippen LogP contribution in [0.1, 0.15) is 17.3 Å². The van der Waals surface area contributed by atoms with Crippen molar-refractivity contribution in [2.45, 2.75) is 11.8 Å². The van der Waals surface area contributed by atoms with Gasteiger partial charge in [0.05, 0.1) is 10.0 Å². The highest BCUT2D eigenvalue weighted by Crippen LogP contribution is 2.30. The van der Waals surface area contributed by atoms with E-state index in [4.69, 9.17) is 23.2 Å². The predicted octanol–water partition coefficient (Wildman–Crippen LogP) is 4.00. The van der Waals surface area contributed by atoms with Crippen LogP contribution in [0.3, 0.4) is 0 Å². The Morgan fingerprint density at radius 2 is 1.67 bits per heavy atom. The number of rotatable bonds is 4. The Bertz CT molecular complexity index is 786. The lowest BCUT2D eigenvalue weighted by atomic mass is 10.1. The van der Waals surface area contributed by atoms with E-state index in [9.17, 15) is 13.2 Å². The van der Waals surface area contributed by atoms with Gasteiger partial charge in [0.2, 0.25) is 0 Å². The summed E-state index contributed by atoms with van der Waals surface area (Å²) in [6.45, 7) is 1.44. The number of hydrogen-bond acceptors (Lipinski definition) is 3. The van der Waals surface area contributed by atoms with E-state index < -0.39 is 10.0 Å². The van der Waals surface area contributed by atoms with E-state index in [1.807, 2.05) is 0 Å². The smallest absolute Gasteiger partial charge is 0.263 e. The van der Waals surface area contributed by atoms with Gasteiger partial charge in [-0.25, -0.2) is 8.42 Å². The quantitative estimate of drug-likeness (QED) is 0.853. The van der Waals surface area contributed by atoms with E-state index in [1.165, 1.54) is 37.3 Å². The molecule has 2 rings (SSSR count). The average molecular weight is 344 g/mol. The summed E-state index contributed by atoms with van der Waals surface area (Å²) in [5.74, 6) is -0.0951. The number of Topliss-reactive ketones (excluding diaryl/α,β-unsaturated/α-hetero) is 1. The van der Waals surface area contributed by atoms with E-state index in [1.54, 1.807) is 12.1 Å². The molecule has 0 unspecified atom stereocenters. The number of benzene rings is 2. The Morgan fingerprint density at radius 1 is 1.05 bits per heavy atom. The molecule has 1 N–H and O–H groups in total. The highest BCUT2D eigenvalue weighted by atomic mass is 35.5. The Labute approximate surface area is 132 Å². The van der Waals surface area contributed by atoms with Crippen molar-refractivity contribution >= 4 is 44.7 Å². The molecule has 0 bridgehead atoms. The monoisotopic (exact) mass is 343 g/mol. The number of carbonyl (C=O) groups excluding carboxylic acids is 1. The normalized spacial score (nSPS) is 11.2. The minimum atomic E-state index is -3.85. The number of nitrogens with one attached hydrogen (secondary N) is 1. The minimum Gasteiger partial charge on any atom is -0.295 e. The van der Waals surface area contributed by atoms with E-state index in [0.717, 1.165) is 0 Å². The summed E-state index contributed by atoms with van der Waals surface area (Å²) in [5, 5.41) is 0.124. The molecule has 0 radical (unpaired) electrons. The maximum absolute atomic E-state index is 12.3. The third-order valence-electron chi connectivity index (χ3n) is 2.75. The summed E-state index contributed by atoms with van der Waals surface area (Å²) in [7, 11) is -3.85. The molecule has 7 heteroatoms. The Balaban J connectivity index is 2.33. The van der Waals surface area contributed by atoms with Crippen LogP contribution in [0.4, 0.5) is 5.69 Å². The van der Waals surface area contributed by atoms with Gasteiger partial charge in [0.25, 0.3) is 10.0 Å². The van der Waals surface area contributed by atoms with Crippen molar-refractivity contribution in [2.24, 2.45) is 0 Å². The number of hydrogen-bond donors (Lipinski definition) is 1. The van der Waals surface area contributed by atoms with Crippen LogP contribution in [0.2, 0.25) is 10.0 Å². The molecule has 0 amide bonds. The second-order valence-electron chi connectivity index (χ2n) is 4.29. The molecule has 0 saturated heterocycles. The van der Waals surface area contributed by atoms with Crippen LogP contribution in [-0.2, 0) is 10.0 Å². The van der Waals surface area contributed by atoms with E-state index in [0.29, 0.717) is 11.3 Å². The maximum atomic E-state index is 12.3. The second kappa shape index (κ2) is 6.05. The largest absolute Gasteiger partial charge is 0.295 e. The standard InChI is InChI=1S/C14H11Cl2NO3S/c1-9(18)10-5-7-11(8-6-10)17-21(19,20)13-4-2-3-12(15)14(13)16/h2-8,17H,1H3. The van der Waals surface area contributed by atoms with Crippen molar-refractivity contribution in [1.82, 2.24) is 0 Å². The predicted molar refractivity (Wildman–Crippen MR) is 83.7 cm³/mol. The first-order valence-corrected chi connectivity index (χ1v) is 8.13. The molecule has 0 aliphatic carbocycles. The lowest BCUT2D eigenvalue weighted by molar-refractivity contribution is 0.101. The van der Waals surface area contributed by atoms with Gasteiger partial charge in [0.15, 0.2) is 5.78 Å². The molecular weight excluding hydrogens is 333 g/mol. The van der Waals surface area contributed by atoms with Crippen LogP contribution < -0.4 is 4.72 Å². The zero-order valence-electron chi connectivity index (χ0n) is 10.9. The molecule has 0 aliphatic heterocycles. The van der Waals surface area contributed by atoms with E-state index in [2.05, 4.69) is 4.72 Å². The van der Waals surface area contributed by atoms with Crippen LogP contribution in [-0.4, -0.2) is 14.2 Å². The first-order valence-electron chi connectivity index (χ1n) is 5.89. The van der Waals surface area contributed by atoms with Gasteiger partial charge in [0, 0.05) is 11.3 Å². The molecular formula is C14H11Cl2NO3S. The van der Waals surface area contributed by atoms with Gasteiger partial charge in [-0.3, -0.25) is 9.52 Å². The molecule has 21 heavy (non-hydrogen) atoms. The van der Waals surface area contributed by atoms with Gasteiger partial charge >= 0.3 is 0 Å². The van der Waals surface area contributed by atoms with Gasteiger partial charge in [-0.1, -0.05) is 29.3 Å². The van der Waals surface area contributed by atoms with Gasteiger partial charge in [-0.2, -0.15) is 0 Å². The van der Waals surface area contributed by atoms with Gasteiger partial charge < -0.3 is 0 Å². The van der Waals surface area contributed by atoms with Crippen LogP contribution >= 0.6 is 23.2 Å². The van der Waals surface area contributed by atoms with Crippen LogP contribution in [0, 0.1) is 0 Å². The van der Waals surface area contributed by atoms with Crippen molar-refractivity contribution in [3.8, 4) is 0 Å². The first kappa shape index (κ1) is 15.8. The van der Waals surface area contributed by atoms with Crippen molar-refractivity contribution in [1.29, 1.82) is 0 Å². The van der Waals surface area contributed by atoms with Crippen molar-refractivity contribution in [3.63, 3.8) is 0 Å². The minimum absolute atomic E-state index is 0.0352. The lowest BCUT2D eigenvalue weighted by Crippen LogP contribution is -2.13. The van der Waals surface area contributed by atoms with Crippen molar-refractivity contribution in [3.05, 3.63) is 58.1 Å². The molecule has 0 saturated carbocycles. The second-order valence-corrected chi connectivity index (χ2v) is 6.73. The summed E-state index contributed by atoms with van der Waals surface area (Å²) in [5.41, 5.74) is 0.828. The Hall–Kier alpha value is -1.56. The van der Waals surface area contributed by atoms with Crippen molar-refractivity contribution < 1.29 is 13.2 Å². The lowest BCUT2D eigenvalue weighted by Gasteiger charge is -2.10. The topological polar surface area (TPSA) is 63.2 Å². The fourth-order valence-electron chi connectivity index (χ4n) is 1.67. The molecule has 110 valence electrons. The summed E-state index contributed by atoms with van der Waals surface area (Å²) in [6, 6.07) is 10.5. The average Bonchev–Trinajstić information content (AvgIpc) is 2.41. The summed E-state index contributed by atoms with van der Waals surface area (Å²) in [6.07, 6.45) is 0. The number of carbonyl (C=O) groups is 1. The van der Waals surface area contributed by atoms with E-state index in [-0.39, 0.29) is 20.7 Å². The van der Waals surface area contributed by atoms with Crippen molar-refractivity contribution in [2.75, 3.05) is 4.72 Å². The third-order valence-corrected chi connectivity index (χ3v) is 5.10. The molecule has 0 aromatic heterocycles. The number of halogens is 2. The molecule has 0 fully saturated rings. The fourth-order valence-corrected chi connectivity index (χ4v) is 3.50. The Kier molecular flexibility index (Phi) is 4.56. The molecule has 0 spiro atoms. The third kappa shape index (κ3) is 3.56. The molecule has 2 aromatic rings. The molecule has 2 aromatic carbocycles. The van der Waals surface area contributed by atoms with Gasteiger partial charge in [0.1, 0.15) is 4.90 Å². The highest BCUT2D eigenvalue weighted by Gasteiger charge is 2.19. The molecule has 0 aliphatic rings. The van der Waals surface area contributed by atoms with Crippen LogP contribution in [0.15, 0.2) is 47.4 Å². The maximum Gasteiger partial charge on any atom is 0.263 e. The Morgan fingerprint density at radius 3 is 2.24 bits per heavy atom. The fraction of sp³-hybridized carbons (Fsp3) is 0.0714. The van der Waals surface area contributed by atoms with Gasteiger partial charge in [-0.05, 0) is 43.3 Å². The highest BCUT2D eigenvalue weighted by molar-refractivity contribution is 7.92. The summed E-state index contributed by atoms with van der Waals surface area (Å²) >= 11 is 11.7. The number of ketones is 1. The van der Waals surface area contributed by atoms with Crippen LogP contribution in [0.25, 0.3) is 0 Å². The first-order chi connectivity index (χ1) is 9.81. The zero-order chi connectivity index (χ0) is 15.6. The summed E-state index contributed by atoms with van der Waals surface area (Å²) in [4.78, 5) is 11.1. The summed E-state index contributed by atoms with van der Waals surface area (Å²) < 4.78 is 26.9. The SMILES string of the molecule is CC(=O)c1ccc(NS(=O)(=O)c2cccc(Cl)c2Cl)cc1.